The van der Waals surface area contributed by atoms with Gasteiger partial charge in [0.2, 0.25) is 0 Å². The van der Waals surface area contributed by atoms with Crippen LogP contribution in [0.4, 0.5) is 4.79 Å². The minimum Gasteiger partial charge on any atom is -0.444 e. The lowest BCUT2D eigenvalue weighted by Gasteiger charge is -2.35. The van der Waals surface area contributed by atoms with Crippen molar-refractivity contribution in [1.29, 1.82) is 0 Å². The fraction of sp³-hybridized carbons (Fsp3) is 0.500. The van der Waals surface area contributed by atoms with Crippen LogP contribution in [0.1, 0.15) is 46.2 Å². The maximum atomic E-state index is 12.8. The number of carbonyl (C=O) groups is 1. The van der Waals surface area contributed by atoms with Crippen LogP contribution in [0.25, 0.3) is 11.4 Å². The van der Waals surface area contributed by atoms with Crippen LogP contribution in [-0.4, -0.2) is 44.1 Å². The molecule has 0 radical (unpaired) electrons. The zero-order valence-corrected chi connectivity index (χ0v) is 16.3. The molecule has 2 aromatic rings. The van der Waals surface area contributed by atoms with Crippen LogP contribution in [-0.2, 0) is 9.47 Å². The van der Waals surface area contributed by atoms with E-state index < -0.39 is 17.4 Å². The molecule has 0 bridgehead atoms. The third-order valence-electron chi connectivity index (χ3n) is 4.12. The summed E-state index contributed by atoms with van der Waals surface area (Å²) >= 11 is 6.31. The van der Waals surface area contributed by atoms with Gasteiger partial charge in [0.15, 0.2) is 5.82 Å². The predicted octanol–water partition coefficient (Wildman–Crippen LogP) is 4.17. The lowest BCUT2D eigenvalue weighted by molar-refractivity contribution is -0.0626. The van der Waals surface area contributed by atoms with Crippen molar-refractivity contribution in [2.75, 3.05) is 6.61 Å². The molecular formula is C18H23ClN4O3. The van der Waals surface area contributed by atoms with Crippen molar-refractivity contribution >= 4 is 17.7 Å². The van der Waals surface area contributed by atoms with E-state index in [2.05, 4.69) is 15.2 Å². The van der Waals surface area contributed by atoms with Gasteiger partial charge < -0.3 is 9.47 Å². The number of ether oxygens (including phenoxy) is 2. The molecule has 140 valence electrons. The molecule has 26 heavy (non-hydrogen) atoms. The summed E-state index contributed by atoms with van der Waals surface area (Å²) in [6, 6.07) is 5.27. The Kier molecular flexibility index (Phi) is 4.71. The first kappa shape index (κ1) is 18.7. The van der Waals surface area contributed by atoms with Crippen LogP contribution in [0.5, 0.6) is 0 Å². The number of rotatable bonds is 2. The third-order valence-corrected chi connectivity index (χ3v) is 4.45. The second kappa shape index (κ2) is 6.55. The van der Waals surface area contributed by atoms with Crippen LogP contribution in [0.3, 0.4) is 0 Å². The smallest absolute Gasteiger partial charge is 0.413 e. The number of hydrogen-bond acceptors (Lipinski definition) is 5. The Morgan fingerprint density at radius 2 is 2.15 bits per heavy atom. The molecule has 1 saturated heterocycles. The van der Waals surface area contributed by atoms with E-state index in [1.807, 2.05) is 46.8 Å². The van der Waals surface area contributed by atoms with Gasteiger partial charge in [0.25, 0.3) is 0 Å². The highest BCUT2D eigenvalue weighted by molar-refractivity contribution is 6.33. The second-order valence-corrected chi connectivity index (χ2v) is 8.10. The Balaban J connectivity index is 1.97. The number of H-pyrrole nitrogens is 1. The molecule has 1 aliphatic heterocycles. The van der Waals surface area contributed by atoms with E-state index in [1.165, 1.54) is 6.33 Å². The SMILES string of the molecule is CC(C)(C)OC(=O)N1[C@@H](c2ccc(Cl)c(-c3ncn[nH]3)c2)COC1(C)C. The molecule has 0 saturated carbocycles. The molecular weight excluding hydrogens is 356 g/mol. The van der Waals surface area contributed by atoms with Gasteiger partial charge in [-0.2, -0.15) is 5.10 Å². The molecule has 0 spiro atoms. The van der Waals surface area contributed by atoms with Gasteiger partial charge in [-0.25, -0.2) is 9.78 Å². The van der Waals surface area contributed by atoms with Crippen LogP contribution in [0.15, 0.2) is 24.5 Å². The lowest BCUT2D eigenvalue weighted by Crippen LogP contribution is -2.47. The average Bonchev–Trinajstić information content (AvgIpc) is 3.13. The fourth-order valence-electron chi connectivity index (χ4n) is 2.97. The Morgan fingerprint density at radius 3 is 2.77 bits per heavy atom. The lowest BCUT2D eigenvalue weighted by atomic mass is 10.0. The van der Waals surface area contributed by atoms with E-state index in [0.717, 1.165) is 11.1 Å². The number of halogens is 1. The molecule has 1 aromatic carbocycles. The first-order valence-electron chi connectivity index (χ1n) is 8.40. The van der Waals surface area contributed by atoms with Crippen molar-refractivity contribution < 1.29 is 14.3 Å². The summed E-state index contributed by atoms with van der Waals surface area (Å²) in [5, 5.41) is 7.23. The Hall–Kier alpha value is -2.12. The van der Waals surface area contributed by atoms with Gasteiger partial charge in [-0.15, -0.1) is 0 Å². The van der Waals surface area contributed by atoms with E-state index in [0.29, 0.717) is 17.5 Å². The molecule has 1 N–H and O–H groups in total. The molecule has 0 aliphatic carbocycles. The average molecular weight is 379 g/mol. The summed E-state index contributed by atoms with van der Waals surface area (Å²) in [5.74, 6) is 0.568. The number of nitrogens with zero attached hydrogens (tertiary/aromatic N) is 3. The van der Waals surface area contributed by atoms with Gasteiger partial charge in [0.05, 0.1) is 17.7 Å². The van der Waals surface area contributed by atoms with Gasteiger partial charge in [-0.3, -0.25) is 10.00 Å². The molecule has 8 heteroatoms. The largest absolute Gasteiger partial charge is 0.444 e. The third kappa shape index (κ3) is 3.68. The van der Waals surface area contributed by atoms with Crippen LogP contribution >= 0.6 is 11.6 Å². The van der Waals surface area contributed by atoms with Gasteiger partial charge in [-0.1, -0.05) is 17.7 Å². The van der Waals surface area contributed by atoms with E-state index in [9.17, 15) is 4.79 Å². The van der Waals surface area contributed by atoms with Crippen molar-refractivity contribution in [2.45, 2.75) is 52.0 Å². The fourth-order valence-corrected chi connectivity index (χ4v) is 3.18. The number of aromatic nitrogens is 3. The molecule has 1 atom stereocenters. The predicted molar refractivity (Wildman–Crippen MR) is 97.7 cm³/mol. The normalized spacial score (nSPS) is 19.6. The summed E-state index contributed by atoms with van der Waals surface area (Å²) in [7, 11) is 0. The van der Waals surface area contributed by atoms with E-state index >= 15 is 0 Å². The van der Waals surface area contributed by atoms with Crippen molar-refractivity contribution in [3.8, 4) is 11.4 Å². The number of amides is 1. The van der Waals surface area contributed by atoms with Crippen molar-refractivity contribution in [2.24, 2.45) is 0 Å². The van der Waals surface area contributed by atoms with Gasteiger partial charge in [-0.05, 0) is 52.3 Å². The van der Waals surface area contributed by atoms with E-state index in [1.54, 1.807) is 11.0 Å². The molecule has 1 fully saturated rings. The quantitative estimate of drug-likeness (QED) is 0.848. The first-order chi connectivity index (χ1) is 12.1. The number of nitrogens with one attached hydrogen (secondary N) is 1. The minimum absolute atomic E-state index is 0.293. The van der Waals surface area contributed by atoms with Crippen molar-refractivity contribution in [3.63, 3.8) is 0 Å². The number of carbonyl (C=O) groups excluding carboxylic acids is 1. The summed E-state index contributed by atoms with van der Waals surface area (Å²) in [6.07, 6.45) is 1.01. The topological polar surface area (TPSA) is 80.3 Å². The Labute approximate surface area is 157 Å². The Morgan fingerprint density at radius 1 is 1.42 bits per heavy atom. The van der Waals surface area contributed by atoms with Gasteiger partial charge in [0.1, 0.15) is 17.7 Å². The van der Waals surface area contributed by atoms with Gasteiger partial charge in [0, 0.05) is 5.56 Å². The van der Waals surface area contributed by atoms with E-state index in [-0.39, 0.29) is 6.04 Å². The monoisotopic (exact) mass is 378 g/mol. The highest BCUT2D eigenvalue weighted by Crippen LogP contribution is 2.39. The minimum atomic E-state index is -0.779. The maximum absolute atomic E-state index is 12.8. The maximum Gasteiger partial charge on any atom is 0.413 e. The first-order valence-corrected chi connectivity index (χ1v) is 8.78. The molecule has 7 nitrogen and oxygen atoms in total. The molecule has 1 amide bonds. The summed E-state index contributed by atoms with van der Waals surface area (Å²) in [6.45, 7) is 9.59. The summed E-state index contributed by atoms with van der Waals surface area (Å²) in [4.78, 5) is 18.6. The molecule has 1 aliphatic rings. The molecule has 2 heterocycles. The molecule has 0 unspecified atom stereocenters. The summed E-state index contributed by atoms with van der Waals surface area (Å²) in [5.41, 5.74) is 0.234. The summed E-state index contributed by atoms with van der Waals surface area (Å²) < 4.78 is 11.5. The second-order valence-electron chi connectivity index (χ2n) is 7.70. The van der Waals surface area contributed by atoms with Crippen LogP contribution < -0.4 is 0 Å². The molecule has 1 aromatic heterocycles. The number of benzene rings is 1. The van der Waals surface area contributed by atoms with Gasteiger partial charge >= 0.3 is 6.09 Å². The van der Waals surface area contributed by atoms with Crippen LogP contribution in [0.2, 0.25) is 5.02 Å². The van der Waals surface area contributed by atoms with Crippen LogP contribution in [0, 0.1) is 0 Å². The standard InChI is InChI=1S/C18H23ClN4O3/c1-17(2,3)26-16(24)23-14(9-25-18(23,4)5)11-6-7-13(19)12(8-11)15-20-10-21-22-15/h6-8,10,14H,9H2,1-5H3,(H,20,21,22)/t14-/m1/s1. The number of aromatic amines is 1. The number of hydrogen-bond donors (Lipinski definition) is 1. The zero-order valence-electron chi connectivity index (χ0n) is 15.5. The van der Waals surface area contributed by atoms with Crippen molar-refractivity contribution in [1.82, 2.24) is 20.1 Å². The Bertz CT molecular complexity index is 799. The highest BCUT2D eigenvalue weighted by atomic mass is 35.5. The molecule has 3 rings (SSSR count). The van der Waals surface area contributed by atoms with E-state index in [4.69, 9.17) is 21.1 Å². The zero-order chi connectivity index (χ0) is 19.1. The highest BCUT2D eigenvalue weighted by Gasteiger charge is 2.46. The van der Waals surface area contributed by atoms with Crippen molar-refractivity contribution in [3.05, 3.63) is 35.1 Å².